The number of benzene rings is 2. The van der Waals surface area contributed by atoms with E-state index in [2.05, 4.69) is 17.9 Å². The highest BCUT2D eigenvalue weighted by atomic mass is 32.1. The van der Waals surface area contributed by atoms with E-state index < -0.39 is 11.1 Å². The minimum atomic E-state index is -0.609. The van der Waals surface area contributed by atoms with Gasteiger partial charge in [-0.3, -0.25) is 4.79 Å². The minimum absolute atomic E-state index is 0.105. The summed E-state index contributed by atoms with van der Waals surface area (Å²) in [5.41, 5.74) is 1.28. The van der Waals surface area contributed by atoms with Gasteiger partial charge in [0, 0.05) is 5.69 Å². The SMILES string of the molecule is N#Cc1cc(NC(=O)C(S)Cc2ccccc2)ccc1F. The minimum Gasteiger partial charge on any atom is -0.325 e. The van der Waals surface area contributed by atoms with Gasteiger partial charge in [0.1, 0.15) is 11.9 Å². The summed E-state index contributed by atoms with van der Waals surface area (Å²) >= 11 is 4.28. The highest BCUT2D eigenvalue weighted by molar-refractivity contribution is 7.81. The number of nitrogens with one attached hydrogen (secondary N) is 1. The van der Waals surface area contributed by atoms with Crippen molar-refractivity contribution in [1.29, 1.82) is 5.26 Å². The van der Waals surface area contributed by atoms with Gasteiger partial charge in [-0.2, -0.15) is 17.9 Å². The normalized spacial score (nSPS) is 11.5. The van der Waals surface area contributed by atoms with Crippen LogP contribution < -0.4 is 5.32 Å². The van der Waals surface area contributed by atoms with Gasteiger partial charge in [0.25, 0.3) is 0 Å². The molecule has 0 saturated carbocycles. The molecule has 0 heterocycles. The number of nitriles is 1. The molecule has 0 fully saturated rings. The molecule has 5 heteroatoms. The lowest BCUT2D eigenvalue weighted by Crippen LogP contribution is -2.25. The largest absolute Gasteiger partial charge is 0.325 e. The molecule has 0 aliphatic heterocycles. The van der Waals surface area contributed by atoms with Gasteiger partial charge >= 0.3 is 0 Å². The molecule has 0 saturated heterocycles. The number of hydrogen-bond donors (Lipinski definition) is 2. The average molecular weight is 300 g/mol. The van der Waals surface area contributed by atoms with Crippen molar-refractivity contribution >= 4 is 24.2 Å². The number of amides is 1. The summed E-state index contributed by atoms with van der Waals surface area (Å²) in [6.07, 6.45) is 0.488. The molecule has 2 rings (SSSR count). The molecule has 1 N–H and O–H groups in total. The van der Waals surface area contributed by atoms with E-state index in [0.29, 0.717) is 12.1 Å². The average Bonchev–Trinajstić information content (AvgIpc) is 2.50. The Morgan fingerprint density at radius 3 is 2.67 bits per heavy atom. The molecule has 0 aliphatic rings. The van der Waals surface area contributed by atoms with Crippen LogP contribution in [0.4, 0.5) is 10.1 Å². The summed E-state index contributed by atoms with van der Waals surface area (Å²) in [7, 11) is 0. The quantitative estimate of drug-likeness (QED) is 0.852. The van der Waals surface area contributed by atoms with Crippen molar-refractivity contribution in [3.63, 3.8) is 0 Å². The molecule has 2 aromatic carbocycles. The van der Waals surface area contributed by atoms with Crippen LogP contribution in [0.3, 0.4) is 0 Å². The number of carbonyl (C=O) groups is 1. The zero-order chi connectivity index (χ0) is 15.2. The summed E-state index contributed by atoms with van der Waals surface area (Å²) in [4.78, 5) is 12.0. The number of nitrogens with zero attached hydrogens (tertiary/aromatic N) is 1. The van der Waals surface area contributed by atoms with E-state index in [4.69, 9.17) is 5.26 Å². The zero-order valence-corrected chi connectivity index (χ0v) is 12.0. The van der Waals surface area contributed by atoms with E-state index in [1.165, 1.54) is 12.1 Å². The van der Waals surface area contributed by atoms with Crippen LogP contribution in [-0.4, -0.2) is 11.2 Å². The third kappa shape index (κ3) is 4.07. The molecule has 1 atom stereocenters. The highest BCUT2D eigenvalue weighted by Crippen LogP contribution is 2.16. The van der Waals surface area contributed by atoms with E-state index in [-0.39, 0.29) is 11.5 Å². The van der Waals surface area contributed by atoms with Crippen molar-refractivity contribution in [2.75, 3.05) is 5.32 Å². The molecule has 0 spiro atoms. The first kappa shape index (κ1) is 15.1. The van der Waals surface area contributed by atoms with Gasteiger partial charge in [-0.25, -0.2) is 4.39 Å². The van der Waals surface area contributed by atoms with Gasteiger partial charge in [-0.1, -0.05) is 30.3 Å². The standard InChI is InChI=1S/C16H13FN2OS/c17-14-7-6-13(9-12(14)10-18)19-16(20)15(21)8-11-4-2-1-3-5-11/h1-7,9,15,21H,8H2,(H,19,20). The van der Waals surface area contributed by atoms with Crippen molar-refractivity contribution in [3.05, 3.63) is 65.5 Å². The Kier molecular flexibility index (Phi) is 4.96. The van der Waals surface area contributed by atoms with Crippen molar-refractivity contribution in [2.24, 2.45) is 0 Å². The smallest absolute Gasteiger partial charge is 0.237 e. The molecule has 1 unspecified atom stereocenters. The Morgan fingerprint density at radius 1 is 1.29 bits per heavy atom. The van der Waals surface area contributed by atoms with Crippen LogP contribution in [0, 0.1) is 17.1 Å². The lowest BCUT2D eigenvalue weighted by Gasteiger charge is -2.12. The summed E-state index contributed by atoms with van der Waals surface area (Å²) in [5.74, 6) is -0.903. The molecular weight excluding hydrogens is 287 g/mol. The Balaban J connectivity index is 2.03. The second kappa shape index (κ2) is 6.91. The number of anilines is 1. The molecule has 0 aliphatic carbocycles. The molecule has 21 heavy (non-hydrogen) atoms. The van der Waals surface area contributed by atoms with Crippen molar-refractivity contribution in [2.45, 2.75) is 11.7 Å². The molecule has 1 amide bonds. The number of halogens is 1. The van der Waals surface area contributed by atoms with E-state index in [1.807, 2.05) is 30.3 Å². The van der Waals surface area contributed by atoms with E-state index >= 15 is 0 Å². The molecule has 0 radical (unpaired) electrons. The first-order valence-electron chi connectivity index (χ1n) is 6.32. The summed E-state index contributed by atoms with van der Waals surface area (Å²) in [6, 6.07) is 15.1. The van der Waals surface area contributed by atoms with Crippen LogP contribution in [0.25, 0.3) is 0 Å². The topological polar surface area (TPSA) is 52.9 Å². The Morgan fingerprint density at radius 2 is 2.00 bits per heavy atom. The Hall–Kier alpha value is -2.32. The Labute approximate surface area is 127 Å². The molecule has 106 valence electrons. The fourth-order valence-corrected chi connectivity index (χ4v) is 2.12. The van der Waals surface area contributed by atoms with Gasteiger partial charge in [-0.15, -0.1) is 0 Å². The maximum atomic E-state index is 13.2. The first-order valence-corrected chi connectivity index (χ1v) is 6.84. The second-order valence-electron chi connectivity index (χ2n) is 4.50. The summed E-state index contributed by atoms with van der Waals surface area (Å²) in [5, 5.41) is 10.9. The number of hydrogen-bond acceptors (Lipinski definition) is 3. The molecule has 2 aromatic rings. The van der Waals surface area contributed by atoms with Gasteiger partial charge in [0.2, 0.25) is 5.91 Å². The summed E-state index contributed by atoms with van der Waals surface area (Å²) in [6.45, 7) is 0. The predicted octanol–water partition coefficient (Wildman–Crippen LogP) is 3.18. The second-order valence-corrected chi connectivity index (χ2v) is 5.12. The third-order valence-electron chi connectivity index (χ3n) is 2.93. The van der Waals surface area contributed by atoms with Crippen LogP contribution in [-0.2, 0) is 11.2 Å². The lowest BCUT2D eigenvalue weighted by atomic mass is 10.1. The molecule has 0 bridgehead atoms. The predicted molar refractivity (Wildman–Crippen MR) is 82.7 cm³/mol. The van der Waals surface area contributed by atoms with Gasteiger partial charge in [0.05, 0.1) is 10.8 Å². The zero-order valence-electron chi connectivity index (χ0n) is 11.1. The van der Waals surface area contributed by atoms with Gasteiger partial charge in [-0.05, 0) is 30.2 Å². The summed E-state index contributed by atoms with van der Waals surface area (Å²) < 4.78 is 13.2. The van der Waals surface area contributed by atoms with Gasteiger partial charge in [0.15, 0.2) is 0 Å². The van der Waals surface area contributed by atoms with Crippen LogP contribution in [0.1, 0.15) is 11.1 Å². The fourth-order valence-electron chi connectivity index (χ4n) is 1.84. The highest BCUT2D eigenvalue weighted by Gasteiger charge is 2.15. The molecule has 0 aromatic heterocycles. The van der Waals surface area contributed by atoms with E-state index in [0.717, 1.165) is 11.6 Å². The number of thiol groups is 1. The van der Waals surface area contributed by atoms with Crippen LogP contribution in [0.15, 0.2) is 48.5 Å². The monoisotopic (exact) mass is 300 g/mol. The Bertz CT molecular complexity index is 682. The number of carbonyl (C=O) groups excluding carboxylic acids is 1. The van der Waals surface area contributed by atoms with Crippen LogP contribution >= 0.6 is 12.6 Å². The third-order valence-corrected chi connectivity index (χ3v) is 3.35. The molecular formula is C16H13FN2OS. The first-order chi connectivity index (χ1) is 10.1. The van der Waals surface area contributed by atoms with Crippen LogP contribution in [0.2, 0.25) is 0 Å². The van der Waals surface area contributed by atoms with Crippen molar-refractivity contribution in [3.8, 4) is 6.07 Å². The van der Waals surface area contributed by atoms with E-state index in [9.17, 15) is 9.18 Å². The van der Waals surface area contributed by atoms with E-state index in [1.54, 1.807) is 6.07 Å². The maximum absolute atomic E-state index is 13.2. The van der Waals surface area contributed by atoms with Crippen molar-refractivity contribution in [1.82, 2.24) is 0 Å². The lowest BCUT2D eigenvalue weighted by molar-refractivity contribution is -0.115. The molecule has 3 nitrogen and oxygen atoms in total. The van der Waals surface area contributed by atoms with Crippen LogP contribution in [0.5, 0.6) is 0 Å². The number of rotatable bonds is 4. The fraction of sp³-hybridized carbons (Fsp3) is 0.125. The van der Waals surface area contributed by atoms with Crippen molar-refractivity contribution < 1.29 is 9.18 Å². The maximum Gasteiger partial charge on any atom is 0.237 e. The van der Waals surface area contributed by atoms with Gasteiger partial charge < -0.3 is 5.32 Å².